The lowest BCUT2D eigenvalue weighted by Crippen LogP contribution is -2.49. The van der Waals surface area contributed by atoms with Gasteiger partial charge in [0.25, 0.3) is 11.8 Å². The van der Waals surface area contributed by atoms with Gasteiger partial charge in [0.15, 0.2) is 0 Å². The van der Waals surface area contributed by atoms with Crippen LogP contribution in [0.1, 0.15) is 40.1 Å². The molecular formula is C21H21NO5. The van der Waals surface area contributed by atoms with Crippen LogP contribution in [0.2, 0.25) is 0 Å². The molecule has 0 saturated heterocycles. The molecule has 0 spiro atoms. The molecule has 140 valence electrons. The number of ether oxygens (including phenoxy) is 2. The normalized spacial score (nSPS) is 15.4. The highest BCUT2D eigenvalue weighted by molar-refractivity contribution is 6.21. The van der Waals surface area contributed by atoms with E-state index in [-0.39, 0.29) is 6.61 Å². The van der Waals surface area contributed by atoms with Crippen LogP contribution < -0.4 is 0 Å². The van der Waals surface area contributed by atoms with Gasteiger partial charge < -0.3 is 9.47 Å². The summed E-state index contributed by atoms with van der Waals surface area (Å²) in [5.74, 6) is -1.28. The van der Waals surface area contributed by atoms with Crippen molar-refractivity contribution in [3.8, 4) is 0 Å². The van der Waals surface area contributed by atoms with Crippen molar-refractivity contribution in [2.45, 2.75) is 32.6 Å². The number of benzene rings is 2. The van der Waals surface area contributed by atoms with Crippen molar-refractivity contribution in [3.63, 3.8) is 0 Å². The molecule has 1 heterocycles. The van der Waals surface area contributed by atoms with E-state index in [0.29, 0.717) is 17.7 Å². The Hall–Kier alpha value is -2.99. The van der Waals surface area contributed by atoms with Crippen LogP contribution in [-0.4, -0.2) is 41.4 Å². The number of carbonyl (C=O) groups is 3. The minimum Gasteiger partial charge on any atom is -0.464 e. The van der Waals surface area contributed by atoms with Gasteiger partial charge in [-0.15, -0.1) is 0 Å². The number of carbonyl (C=O) groups excluding carboxylic acids is 3. The van der Waals surface area contributed by atoms with E-state index in [0.717, 1.165) is 10.5 Å². The summed E-state index contributed by atoms with van der Waals surface area (Å²) in [5.41, 5.74) is 1.68. The quantitative estimate of drug-likeness (QED) is 0.556. The Morgan fingerprint density at radius 1 is 0.963 bits per heavy atom. The summed E-state index contributed by atoms with van der Waals surface area (Å²) < 4.78 is 11.0. The first-order valence-electron chi connectivity index (χ1n) is 8.75. The van der Waals surface area contributed by atoms with Gasteiger partial charge in [-0.05, 0) is 24.6 Å². The molecule has 1 aliphatic heterocycles. The van der Waals surface area contributed by atoms with Gasteiger partial charge in [-0.2, -0.15) is 0 Å². The molecule has 0 N–H and O–H groups in total. The number of nitrogens with zero attached hydrogens (tertiary/aromatic N) is 1. The summed E-state index contributed by atoms with van der Waals surface area (Å²) in [6.07, 6.45) is -0.522. The maximum absolute atomic E-state index is 12.8. The Kier molecular flexibility index (Phi) is 5.66. The zero-order valence-electron chi connectivity index (χ0n) is 15.3. The molecule has 0 fully saturated rings. The highest BCUT2D eigenvalue weighted by atomic mass is 16.5. The molecule has 0 aromatic heterocycles. The van der Waals surface area contributed by atoms with Crippen molar-refractivity contribution in [1.82, 2.24) is 4.90 Å². The molecular weight excluding hydrogens is 346 g/mol. The Morgan fingerprint density at radius 3 is 2.07 bits per heavy atom. The van der Waals surface area contributed by atoms with Gasteiger partial charge in [0.2, 0.25) is 0 Å². The predicted octanol–water partition coefficient (Wildman–Crippen LogP) is 2.82. The predicted molar refractivity (Wildman–Crippen MR) is 98.1 cm³/mol. The van der Waals surface area contributed by atoms with E-state index in [9.17, 15) is 14.4 Å². The Labute approximate surface area is 157 Å². The molecule has 27 heavy (non-hydrogen) atoms. The van der Waals surface area contributed by atoms with Crippen LogP contribution >= 0.6 is 0 Å². The lowest BCUT2D eigenvalue weighted by atomic mass is 10.1. The minimum absolute atomic E-state index is 0.114. The average Bonchev–Trinajstić information content (AvgIpc) is 2.92. The summed E-state index contributed by atoms with van der Waals surface area (Å²) in [6, 6.07) is 15.5. The Morgan fingerprint density at radius 2 is 1.52 bits per heavy atom. The number of amides is 2. The van der Waals surface area contributed by atoms with Gasteiger partial charge in [-0.25, -0.2) is 0 Å². The van der Waals surface area contributed by atoms with E-state index < -0.39 is 29.9 Å². The molecule has 0 radical (unpaired) electrons. The highest BCUT2D eigenvalue weighted by Crippen LogP contribution is 2.26. The van der Waals surface area contributed by atoms with Crippen LogP contribution in [0.25, 0.3) is 0 Å². The number of imide groups is 1. The second-order valence-corrected chi connectivity index (χ2v) is 6.40. The molecule has 6 heteroatoms. The van der Waals surface area contributed by atoms with Crippen molar-refractivity contribution in [3.05, 3.63) is 71.3 Å². The summed E-state index contributed by atoms with van der Waals surface area (Å²) in [5, 5.41) is 0. The lowest BCUT2D eigenvalue weighted by molar-refractivity contribution is -0.144. The number of rotatable bonds is 7. The van der Waals surface area contributed by atoms with Crippen LogP contribution in [-0.2, 0) is 20.9 Å². The van der Waals surface area contributed by atoms with E-state index in [2.05, 4.69) is 0 Å². The molecule has 0 bridgehead atoms. The largest absolute Gasteiger partial charge is 0.464 e. The molecule has 3 rings (SSSR count). The number of esters is 1. The third-order valence-corrected chi connectivity index (χ3v) is 4.51. The zero-order chi connectivity index (χ0) is 19.4. The second-order valence-electron chi connectivity index (χ2n) is 6.40. The fourth-order valence-corrected chi connectivity index (χ4v) is 3.04. The molecule has 2 aromatic carbocycles. The first-order valence-corrected chi connectivity index (χ1v) is 8.75. The summed E-state index contributed by atoms with van der Waals surface area (Å²) >= 11 is 0. The van der Waals surface area contributed by atoms with Crippen LogP contribution in [0.4, 0.5) is 0 Å². The van der Waals surface area contributed by atoms with E-state index in [1.807, 2.05) is 30.3 Å². The van der Waals surface area contributed by atoms with Crippen molar-refractivity contribution >= 4 is 17.8 Å². The first kappa shape index (κ1) is 18.8. The van der Waals surface area contributed by atoms with E-state index in [4.69, 9.17) is 9.47 Å². The summed E-state index contributed by atoms with van der Waals surface area (Å²) in [7, 11) is 0. The molecule has 6 nitrogen and oxygen atoms in total. The third kappa shape index (κ3) is 4.06. The van der Waals surface area contributed by atoms with Gasteiger partial charge >= 0.3 is 5.97 Å². The van der Waals surface area contributed by atoms with E-state index in [1.165, 1.54) is 6.92 Å². The Balaban J connectivity index is 1.80. The van der Waals surface area contributed by atoms with Crippen molar-refractivity contribution in [2.75, 3.05) is 6.61 Å². The number of fused-ring (bicyclic) bond motifs is 1. The van der Waals surface area contributed by atoms with Gasteiger partial charge in [-0.3, -0.25) is 19.3 Å². The standard InChI is InChI=1S/C21H21NO5/c1-14(26-12-16-8-4-3-5-9-16)19(13-27-15(2)23)22-20(24)17-10-6-7-11-18(17)21(22)25/h3-11,14,19H,12-13H2,1-2H3/t14-,19-/m1/s1. The lowest BCUT2D eigenvalue weighted by Gasteiger charge is -2.30. The van der Waals surface area contributed by atoms with Crippen molar-refractivity contribution in [2.24, 2.45) is 0 Å². The van der Waals surface area contributed by atoms with Crippen LogP contribution in [0.3, 0.4) is 0 Å². The fourth-order valence-electron chi connectivity index (χ4n) is 3.04. The van der Waals surface area contributed by atoms with Crippen LogP contribution in [0.5, 0.6) is 0 Å². The van der Waals surface area contributed by atoms with Gasteiger partial charge in [0.05, 0.1) is 23.8 Å². The maximum Gasteiger partial charge on any atom is 0.302 e. The molecule has 1 aliphatic rings. The average molecular weight is 367 g/mol. The maximum atomic E-state index is 12.8. The number of hydrogen-bond acceptors (Lipinski definition) is 5. The molecule has 2 atom stereocenters. The first-order chi connectivity index (χ1) is 13.0. The molecule has 2 amide bonds. The SMILES string of the molecule is CC(=O)OC[C@H]([C@@H](C)OCc1ccccc1)N1C(=O)c2ccccc2C1=O. The molecule has 2 aromatic rings. The highest BCUT2D eigenvalue weighted by Gasteiger charge is 2.42. The molecule has 0 saturated carbocycles. The number of hydrogen-bond donors (Lipinski definition) is 0. The topological polar surface area (TPSA) is 72.9 Å². The second kappa shape index (κ2) is 8.14. The Bertz CT molecular complexity index is 814. The van der Waals surface area contributed by atoms with Crippen molar-refractivity contribution in [1.29, 1.82) is 0 Å². The zero-order valence-corrected chi connectivity index (χ0v) is 15.3. The smallest absolute Gasteiger partial charge is 0.302 e. The van der Waals surface area contributed by atoms with Gasteiger partial charge in [-0.1, -0.05) is 42.5 Å². The van der Waals surface area contributed by atoms with Gasteiger partial charge in [0.1, 0.15) is 12.6 Å². The molecule has 0 unspecified atom stereocenters. The minimum atomic E-state index is -0.718. The fraction of sp³-hybridized carbons (Fsp3) is 0.286. The van der Waals surface area contributed by atoms with Crippen molar-refractivity contribution < 1.29 is 23.9 Å². The summed E-state index contributed by atoms with van der Waals surface area (Å²) in [6.45, 7) is 3.26. The monoisotopic (exact) mass is 367 g/mol. The van der Waals surface area contributed by atoms with E-state index in [1.54, 1.807) is 31.2 Å². The van der Waals surface area contributed by atoms with Crippen LogP contribution in [0, 0.1) is 0 Å². The summed E-state index contributed by atoms with van der Waals surface area (Å²) in [4.78, 5) is 38.0. The van der Waals surface area contributed by atoms with Crippen LogP contribution in [0.15, 0.2) is 54.6 Å². The third-order valence-electron chi connectivity index (χ3n) is 4.51. The van der Waals surface area contributed by atoms with Gasteiger partial charge in [0, 0.05) is 6.92 Å². The van der Waals surface area contributed by atoms with E-state index >= 15 is 0 Å². The molecule has 0 aliphatic carbocycles.